The Hall–Kier alpha value is -0.0800. The summed E-state index contributed by atoms with van der Waals surface area (Å²) in [6.07, 6.45) is 13.1. The standard InChI is InChI=1S/C17H37NO/c1-4-6-8-9-12-17(3,11-7-5-2)13-15-18-14-10-16-19/h18-19H,4-16H2,1-3H3. The summed E-state index contributed by atoms with van der Waals surface area (Å²) in [4.78, 5) is 0. The topological polar surface area (TPSA) is 32.3 Å². The molecule has 0 aromatic rings. The van der Waals surface area contributed by atoms with E-state index in [0.29, 0.717) is 12.0 Å². The van der Waals surface area contributed by atoms with Crippen molar-refractivity contribution in [1.82, 2.24) is 5.32 Å². The molecular formula is C17H37NO. The first kappa shape index (κ1) is 18.9. The van der Waals surface area contributed by atoms with Crippen molar-refractivity contribution in [2.75, 3.05) is 19.7 Å². The zero-order valence-electron chi connectivity index (χ0n) is 13.6. The zero-order valence-corrected chi connectivity index (χ0v) is 13.6. The van der Waals surface area contributed by atoms with Crippen LogP contribution in [0.15, 0.2) is 0 Å². The van der Waals surface area contributed by atoms with Crippen LogP contribution in [0.2, 0.25) is 0 Å². The number of nitrogens with one attached hydrogen (secondary N) is 1. The van der Waals surface area contributed by atoms with Gasteiger partial charge in [0.15, 0.2) is 0 Å². The molecule has 0 aromatic carbocycles. The lowest BCUT2D eigenvalue weighted by Crippen LogP contribution is -2.26. The molecule has 2 nitrogen and oxygen atoms in total. The second kappa shape index (κ2) is 12.9. The third-order valence-electron chi connectivity index (χ3n) is 4.18. The van der Waals surface area contributed by atoms with Crippen LogP contribution < -0.4 is 5.32 Å². The van der Waals surface area contributed by atoms with Crippen LogP contribution in [0.1, 0.15) is 85.0 Å². The summed E-state index contributed by atoms with van der Waals surface area (Å²) in [7, 11) is 0. The van der Waals surface area contributed by atoms with E-state index in [4.69, 9.17) is 5.11 Å². The molecule has 2 heteroatoms. The van der Waals surface area contributed by atoms with E-state index >= 15 is 0 Å². The molecule has 0 radical (unpaired) electrons. The van der Waals surface area contributed by atoms with E-state index in [0.717, 1.165) is 19.5 Å². The van der Waals surface area contributed by atoms with Crippen LogP contribution in [0.5, 0.6) is 0 Å². The van der Waals surface area contributed by atoms with Crippen LogP contribution in [-0.2, 0) is 0 Å². The fraction of sp³-hybridized carbons (Fsp3) is 1.00. The van der Waals surface area contributed by atoms with Gasteiger partial charge in [0.25, 0.3) is 0 Å². The van der Waals surface area contributed by atoms with E-state index < -0.39 is 0 Å². The largest absolute Gasteiger partial charge is 0.396 e. The summed E-state index contributed by atoms with van der Waals surface area (Å²) in [6, 6.07) is 0. The first-order valence-corrected chi connectivity index (χ1v) is 8.50. The Balaban J connectivity index is 3.88. The maximum Gasteiger partial charge on any atom is 0.0443 e. The zero-order chi connectivity index (χ0) is 14.4. The van der Waals surface area contributed by atoms with Crippen molar-refractivity contribution in [3.05, 3.63) is 0 Å². The lowest BCUT2D eigenvalue weighted by molar-refractivity contribution is 0.228. The third kappa shape index (κ3) is 11.4. The van der Waals surface area contributed by atoms with Gasteiger partial charge in [0.05, 0.1) is 0 Å². The Morgan fingerprint density at radius 1 is 0.789 bits per heavy atom. The van der Waals surface area contributed by atoms with Gasteiger partial charge in [-0.15, -0.1) is 0 Å². The van der Waals surface area contributed by atoms with E-state index in [9.17, 15) is 0 Å². The highest BCUT2D eigenvalue weighted by molar-refractivity contribution is 4.75. The normalized spacial score (nSPS) is 14.5. The van der Waals surface area contributed by atoms with Crippen LogP contribution in [0.4, 0.5) is 0 Å². The number of hydrogen-bond acceptors (Lipinski definition) is 2. The smallest absolute Gasteiger partial charge is 0.0443 e. The van der Waals surface area contributed by atoms with Crippen molar-refractivity contribution in [3.8, 4) is 0 Å². The molecule has 0 rings (SSSR count). The van der Waals surface area contributed by atoms with Crippen LogP contribution in [0, 0.1) is 5.41 Å². The summed E-state index contributed by atoms with van der Waals surface area (Å²) in [6.45, 7) is 9.40. The first-order valence-electron chi connectivity index (χ1n) is 8.50. The van der Waals surface area contributed by atoms with Gasteiger partial charge in [-0.05, 0) is 44.2 Å². The fourth-order valence-corrected chi connectivity index (χ4v) is 2.68. The highest BCUT2D eigenvalue weighted by atomic mass is 16.3. The summed E-state index contributed by atoms with van der Waals surface area (Å²) in [5.74, 6) is 0. The molecule has 0 fully saturated rings. The molecule has 0 aliphatic carbocycles. The van der Waals surface area contributed by atoms with Gasteiger partial charge in [-0.25, -0.2) is 0 Å². The maximum absolute atomic E-state index is 8.77. The first-order chi connectivity index (χ1) is 9.18. The number of aliphatic hydroxyl groups excluding tert-OH is 1. The second-order valence-corrected chi connectivity index (χ2v) is 6.30. The molecule has 1 atom stereocenters. The van der Waals surface area contributed by atoms with Gasteiger partial charge in [0.1, 0.15) is 0 Å². The Bertz CT molecular complexity index is 184. The summed E-state index contributed by atoms with van der Waals surface area (Å²) < 4.78 is 0. The van der Waals surface area contributed by atoms with Gasteiger partial charge in [-0.1, -0.05) is 59.3 Å². The minimum atomic E-state index is 0.303. The van der Waals surface area contributed by atoms with Gasteiger partial charge in [0.2, 0.25) is 0 Å². The average molecular weight is 271 g/mol. The highest BCUT2D eigenvalue weighted by Crippen LogP contribution is 2.34. The molecule has 0 aliphatic rings. The Morgan fingerprint density at radius 3 is 2.11 bits per heavy atom. The maximum atomic E-state index is 8.77. The van der Waals surface area contributed by atoms with E-state index in [-0.39, 0.29) is 0 Å². The van der Waals surface area contributed by atoms with Crippen LogP contribution in [-0.4, -0.2) is 24.8 Å². The van der Waals surface area contributed by atoms with Crippen molar-refractivity contribution in [2.45, 2.75) is 85.0 Å². The molecule has 116 valence electrons. The molecule has 0 aliphatic heterocycles. The van der Waals surface area contributed by atoms with Crippen molar-refractivity contribution in [2.24, 2.45) is 5.41 Å². The van der Waals surface area contributed by atoms with Gasteiger partial charge in [-0.2, -0.15) is 0 Å². The SMILES string of the molecule is CCCCCCC(C)(CCCC)CCNCCCO. The molecule has 19 heavy (non-hydrogen) atoms. The van der Waals surface area contributed by atoms with Gasteiger partial charge >= 0.3 is 0 Å². The highest BCUT2D eigenvalue weighted by Gasteiger charge is 2.22. The van der Waals surface area contributed by atoms with E-state index in [1.807, 2.05) is 0 Å². The molecule has 0 bridgehead atoms. The van der Waals surface area contributed by atoms with Crippen molar-refractivity contribution >= 4 is 0 Å². The second-order valence-electron chi connectivity index (χ2n) is 6.30. The molecule has 0 amide bonds. The molecule has 1 unspecified atom stereocenters. The molecule has 0 spiro atoms. The molecule has 2 N–H and O–H groups in total. The Labute approximate surface area is 121 Å². The molecule has 0 saturated heterocycles. The number of rotatable bonds is 14. The lowest BCUT2D eigenvalue weighted by atomic mass is 9.77. The molecule has 0 heterocycles. The molecule has 0 aromatic heterocycles. The van der Waals surface area contributed by atoms with Crippen molar-refractivity contribution in [3.63, 3.8) is 0 Å². The average Bonchev–Trinajstić information content (AvgIpc) is 2.41. The van der Waals surface area contributed by atoms with Crippen molar-refractivity contribution in [1.29, 1.82) is 0 Å². The van der Waals surface area contributed by atoms with Crippen molar-refractivity contribution < 1.29 is 5.11 Å². The predicted molar refractivity (Wildman–Crippen MR) is 85.6 cm³/mol. The number of aliphatic hydroxyl groups is 1. The summed E-state index contributed by atoms with van der Waals surface area (Å²) >= 11 is 0. The molecular weight excluding hydrogens is 234 g/mol. The van der Waals surface area contributed by atoms with Gasteiger partial charge in [0, 0.05) is 6.61 Å². The minimum absolute atomic E-state index is 0.303. The third-order valence-corrected chi connectivity index (χ3v) is 4.18. The van der Waals surface area contributed by atoms with Gasteiger partial charge in [-0.3, -0.25) is 0 Å². The van der Waals surface area contributed by atoms with Gasteiger partial charge < -0.3 is 10.4 Å². The molecule has 0 saturated carbocycles. The summed E-state index contributed by atoms with van der Waals surface area (Å²) in [5.41, 5.74) is 0.524. The Kier molecular flexibility index (Phi) is 12.9. The lowest BCUT2D eigenvalue weighted by Gasteiger charge is -2.30. The van der Waals surface area contributed by atoms with E-state index in [1.54, 1.807) is 0 Å². The monoisotopic (exact) mass is 271 g/mol. The summed E-state index contributed by atoms with van der Waals surface area (Å²) in [5, 5.41) is 12.2. The van der Waals surface area contributed by atoms with Crippen LogP contribution in [0.25, 0.3) is 0 Å². The van der Waals surface area contributed by atoms with Crippen LogP contribution in [0.3, 0.4) is 0 Å². The number of hydrogen-bond donors (Lipinski definition) is 2. The van der Waals surface area contributed by atoms with E-state index in [2.05, 4.69) is 26.1 Å². The number of unbranched alkanes of at least 4 members (excludes halogenated alkanes) is 4. The van der Waals surface area contributed by atoms with Crippen LogP contribution >= 0.6 is 0 Å². The predicted octanol–water partition coefficient (Wildman–Crippen LogP) is 4.52. The fourth-order valence-electron chi connectivity index (χ4n) is 2.68. The minimum Gasteiger partial charge on any atom is -0.396 e. The quantitative estimate of drug-likeness (QED) is 0.455. The van der Waals surface area contributed by atoms with E-state index in [1.165, 1.54) is 57.8 Å². The Morgan fingerprint density at radius 2 is 1.47 bits per heavy atom.